The van der Waals surface area contributed by atoms with Crippen LogP contribution < -0.4 is 0 Å². The van der Waals surface area contributed by atoms with E-state index in [4.69, 9.17) is 0 Å². The van der Waals surface area contributed by atoms with Crippen LogP contribution in [0.1, 0.15) is 31.7 Å². The molecule has 0 N–H and O–H groups in total. The molecule has 4 nitrogen and oxygen atoms in total. The van der Waals surface area contributed by atoms with Crippen molar-refractivity contribution in [2.24, 2.45) is 0 Å². The highest BCUT2D eigenvalue weighted by molar-refractivity contribution is 7.98. The number of rotatable bonds is 8. The minimum Gasteiger partial charge on any atom is -0.292 e. The molecule has 5 heteroatoms. The minimum absolute atomic E-state index is 0.853. The maximum atomic E-state index is 4.38. The number of benzene rings is 1. The van der Waals surface area contributed by atoms with E-state index in [-0.39, 0.29) is 0 Å². The van der Waals surface area contributed by atoms with Gasteiger partial charge in [-0.1, -0.05) is 19.1 Å². The van der Waals surface area contributed by atoms with Crippen LogP contribution in [0.25, 0.3) is 0 Å². The SMILES string of the molecule is CCCN(Cc1ccc(SC)cc1)Cc1ncnn1CC. The summed E-state index contributed by atoms with van der Waals surface area (Å²) in [4.78, 5) is 8.13. The molecule has 0 fully saturated rings. The first kappa shape index (κ1) is 16.0. The molecule has 21 heavy (non-hydrogen) atoms. The predicted molar refractivity (Wildman–Crippen MR) is 88.3 cm³/mol. The van der Waals surface area contributed by atoms with Crippen LogP contribution >= 0.6 is 11.8 Å². The van der Waals surface area contributed by atoms with Crippen molar-refractivity contribution in [3.63, 3.8) is 0 Å². The molecule has 0 unspecified atom stereocenters. The van der Waals surface area contributed by atoms with Gasteiger partial charge in [-0.05, 0) is 43.8 Å². The summed E-state index contributed by atoms with van der Waals surface area (Å²) in [5.41, 5.74) is 1.35. The van der Waals surface area contributed by atoms with E-state index in [1.807, 2.05) is 4.68 Å². The van der Waals surface area contributed by atoms with E-state index in [1.54, 1.807) is 18.1 Å². The normalized spacial score (nSPS) is 11.2. The Kier molecular flexibility index (Phi) is 6.26. The van der Waals surface area contributed by atoms with Gasteiger partial charge in [0.05, 0.1) is 6.54 Å². The van der Waals surface area contributed by atoms with E-state index in [1.165, 1.54) is 10.5 Å². The standard InChI is InChI=1S/C16H24N4S/c1-4-10-19(12-16-17-13-18-20(16)5-2)11-14-6-8-15(21-3)9-7-14/h6-9,13H,4-5,10-12H2,1-3H3. The summed E-state index contributed by atoms with van der Waals surface area (Å²) in [6.07, 6.45) is 4.90. The third-order valence-corrected chi connectivity index (χ3v) is 4.21. The average Bonchev–Trinajstić information content (AvgIpc) is 2.95. The summed E-state index contributed by atoms with van der Waals surface area (Å²) in [6, 6.07) is 8.83. The number of aryl methyl sites for hydroxylation is 1. The molecule has 0 bridgehead atoms. The maximum Gasteiger partial charge on any atom is 0.141 e. The third-order valence-electron chi connectivity index (χ3n) is 3.47. The second-order valence-electron chi connectivity index (χ2n) is 5.05. The number of hydrogen-bond acceptors (Lipinski definition) is 4. The lowest BCUT2D eigenvalue weighted by Gasteiger charge is -2.21. The van der Waals surface area contributed by atoms with Gasteiger partial charge in [0.15, 0.2) is 0 Å². The summed E-state index contributed by atoms with van der Waals surface area (Å²) in [6.45, 7) is 8.07. The molecule has 1 heterocycles. The predicted octanol–water partition coefficient (Wildman–Crippen LogP) is 3.43. The molecule has 114 valence electrons. The quantitative estimate of drug-likeness (QED) is 0.700. The first-order valence-corrected chi connectivity index (χ1v) is 8.71. The molecule has 0 aliphatic heterocycles. The van der Waals surface area contributed by atoms with E-state index >= 15 is 0 Å². The highest BCUT2D eigenvalue weighted by Crippen LogP contribution is 2.16. The molecular weight excluding hydrogens is 280 g/mol. The van der Waals surface area contributed by atoms with Crippen LogP contribution in [0.2, 0.25) is 0 Å². The molecule has 0 spiro atoms. The van der Waals surface area contributed by atoms with Crippen LogP contribution in [0.3, 0.4) is 0 Å². The molecule has 1 aromatic heterocycles. The molecule has 0 atom stereocenters. The Balaban J connectivity index is 2.04. The van der Waals surface area contributed by atoms with E-state index < -0.39 is 0 Å². The van der Waals surface area contributed by atoms with Crippen molar-refractivity contribution in [3.8, 4) is 0 Å². The molecule has 0 saturated heterocycles. The molecule has 2 rings (SSSR count). The highest BCUT2D eigenvalue weighted by Gasteiger charge is 2.10. The first-order chi connectivity index (χ1) is 10.3. The van der Waals surface area contributed by atoms with Gasteiger partial charge >= 0.3 is 0 Å². The Morgan fingerprint density at radius 3 is 2.52 bits per heavy atom. The van der Waals surface area contributed by atoms with Gasteiger partial charge in [-0.2, -0.15) is 5.10 Å². The lowest BCUT2D eigenvalue weighted by Crippen LogP contribution is -2.25. The fourth-order valence-electron chi connectivity index (χ4n) is 2.39. The molecule has 0 saturated carbocycles. The molecule has 0 aliphatic rings. The number of nitrogens with zero attached hydrogens (tertiary/aromatic N) is 4. The second kappa shape index (κ2) is 8.20. The van der Waals surface area contributed by atoms with Crippen LogP contribution in [0, 0.1) is 0 Å². The fourth-order valence-corrected chi connectivity index (χ4v) is 2.80. The monoisotopic (exact) mass is 304 g/mol. The highest BCUT2D eigenvalue weighted by atomic mass is 32.2. The molecule has 2 aromatic rings. The number of hydrogen-bond donors (Lipinski definition) is 0. The van der Waals surface area contributed by atoms with Crippen molar-refractivity contribution >= 4 is 11.8 Å². The Morgan fingerprint density at radius 2 is 1.90 bits per heavy atom. The smallest absolute Gasteiger partial charge is 0.141 e. The largest absolute Gasteiger partial charge is 0.292 e. The van der Waals surface area contributed by atoms with Gasteiger partial charge in [-0.15, -0.1) is 11.8 Å². The van der Waals surface area contributed by atoms with Gasteiger partial charge in [0.2, 0.25) is 0 Å². The van der Waals surface area contributed by atoms with Crippen LogP contribution in [0.4, 0.5) is 0 Å². The van der Waals surface area contributed by atoms with Gasteiger partial charge in [-0.25, -0.2) is 9.67 Å². The first-order valence-electron chi connectivity index (χ1n) is 7.48. The zero-order valence-corrected chi connectivity index (χ0v) is 13.9. The summed E-state index contributed by atoms with van der Waals surface area (Å²) in [7, 11) is 0. The Morgan fingerprint density at radius 1 is 1.14 bits per heavy atom. The zero-order chi connectivity index (χ0) is 15.1. The molecule has 1 aromatic carbocycles. The van der Waals surface area contributed by atoms with Crippen molar-refractivity contribution < 1.29 is 0 Å². The fraction of sp³-hybridized carbons (Fsp3) is 0.500. The topological polar surface area (TPSA) is 34.0 Å². The average molecular weight is 304 g/mol. The lowest BCUT2D eigenvalue weighted by molar-refractivity contribution is 0.246. The van der Waals surface area contributed by atoms with Crippen LogP contribution in [0.15, 0.2) is 35.5 Å². The van der Waals surface area contributed by atoms with E-state index in [9.17, 15) is 0 Å². The van der Waals surface area contributed by atoms with Gasteiger partial charge in [0, 0.05) is 18.0 Å². The number of thioether (sulfide) groups is 1. The van der Waals surface area contributed by atoms with Crippen molar-refractivity contribution in [1.82, 2.24) is 19.7 Å². The van der Waals surface area contributed by atoms with E-state index in [0.29, 0.717) is 0 Å². The van der Waals surface area contributed by atoms with Crippen molar-refractivity contribution in [1.29, 1.82) is 0 Å². The van der Waals surface area contributed by atoms with Crippen molar-refractivity contribution in [2.75, 3.05) is 12.8 Å². The lowest BCUT2D eigenvalue weighted by atomic mass is 10.2. The Bertz CT molecular complexity index is 535. The van der Waals surface area contributed by atoms with Crippen molar-refractivity contribution in [2.45, 2.75) is 44.8 Å². The molecule has 0 radical (unpaired) electrons. The van der Waals surface area contributed by atoms with Gasteiger partial charge < -0.3 is 0 Å². The van der Waals surface area contributed by atoms with E-state index in [0.717, 1.165) is 38.4 Å². The molecular formula is C16H24N4S. The summed E-state index contributed by atoms with van der Waals surface area (Å²) in [5, 5.41) is 4.25. The minimum atomic E-state index is 0.853. The third kappa shape index (κ3) is 4.58. The van der Waals surface area contributed by atoms with Gasteiger partial charge in [0.25, 0.3) is 0 Å². The molecule has 0 aliphatic carbocycles. The maximum absolute atomic E-state index is 4.38. The summed E-state index contributed by atoms with van der Waals surface area (Å²) >= 11 is 1.78. The molecule has 0 amide bonds. The second-order valence-corrected chi connectivity index (χ2v) is 5.93. The van der Waals surface area contributed by atoms with Gasteiger partial charge in [-0.3, -0.25) is 4.90 Å². The van der Waals surface area contributed by atoms with Crippen molar-refractivity contribution in [3.05, 3.63) is 42.0 Å². The Hall–Kier alpha value is -1.33. The zero-order valence-electron chi connectivity index (χ0n) is 13.1. The Labute approximate surface area is 131 Å². The van der Waals surface area contributed by atoms with Crippen LogP contribution in [0.5, 0.6) is 0 Å². The van der Waals surface area contributed by atoms with Crippen LogP contribution in [-0.2, 0) is 19.6 Å². The van der Waals surface area contributed by atoms with E-state index in [2.05, 4.69) is 59.4 Å². The van der Waals surface area contributed by atoms with Crippen LogP contribution in [-0.4, -0.2) is 32.5 Å². The number of aromatic nitrogens is 3. The van der Waals surface area contributed by atoms with Gasteiger partial charge in [0.1, 0.15) is 12.2 Å². The summed E-state index contributed by atoms with van der Waals surface area (Å²) < 4.78 is 1.97. The summed E-state index contributed by atoms with van der Waals surface area (Å²) in [5.74, 6) is 1.05.